The van der Waals surface area contributed by atoms with E-state index < -0.39 is 6.36 Å². The Kier molecular flexibility index (Phi) is 3.71. The van der Waals surface area contributed by atoms with E-state index in [0.29, 0.717) is 0 Å². The SMILES string of the molecule is CC(=O)C=Cc1ccccc1OC(F)(F)F. The van der Waals surface area contributed by atoms with Gasteiger partial charge in [0.1, 0.15) is 5.75 Å². The van der Waals surface area contributed by atoms with Crippen LogP contribution in [0.3, 0.4) is 0 Å². The third kappa shape index (κ3) is 4.16. The van der Waals surface area contributed by atoms with Crippen molar-refractivity contribution in [2.75, 3.05) is 0 Å². The first-order chi connectivity index (χ1) is 7.38. The number of carbonyl (C=O) groups is 1. The number of hydrogen-bond donors (Lipinski definition) is 0. The van der Waals surface area contributed by atoms with Crippen molar-refractivity contribution in [1.82, 2.24) is 0 Å². The molecule has 5 heteroatoms. The summed E-state index contributed by atoms with van der Waals surface area (Å²) in [4.78, 5) is 10.7. The first kappa shape index (κ1) is 12.3. The molecule has 16 heavy (non-hydrogen) atoms. The van der Waals surface area contributed by atoms with Gasteiger partial charge in [-0.05, 0) is 25.1 Å². The average molecular weight is 230 g/mol. The summed E-state index contributed by atoms with van der Waals surface area (Å²) in [5, 5.41) is 0. The smallest absolute Gasteiger partial charge is 0.405 e. The Labute approximate surface area is 90.3 Å². The Morgan fingerprint density at radius 1 is 1.31 bits per heavy atom. The van der Waals surface area contributed by atoms with Crippen molar-refractivity contribution in [3.05, 3.63) is 35.9 Å². The lowest BCUT2D eigenvalue weighted by Crippen LogP contribution is -2.17. The first-order valence-electron chi connectivity index (χ1n) is 4.42. The molecule has 0 fully saturated rings. The van der Waals surface area contributed by atoms with Crippen LogP contribution in [0.4, 0.5) is 13.2 Å². The molecule has 0 aliphatic rings. The maximum atomic E-state index is 12.0. The molecule has 0 N–H and O–H groups in total. The van der Waals surface area contributed by atoms with E-state index in [1.54, 1.807) is 6.07 Å². The van der Waals surface area contributed by atoms with Gasteiger partial charge in [-0.2, -0.15) is 0 Å². The van der Waals surface area contributed by atoms with E-state index in [1.165, 1.54) is 37.3 Å². The number of alkyl halides is 3. The van der Waals surface area contributed by atoms with E-state index in [2.05, 4.69) is 4.74 Å². The minimum Gasteiger partial charge on any atom is -0.405 e. The summed E-state index contributed by atoms with van der Waals surface area (Å²) in [5.74, 6) is -0.575. The number of ether oxygens (including phenoxy) is 1. The highest BCUT2D eigenvalue weighted by Gasteiger charge is 2.31. The van der Waals surface area contributed by atoms with E-state index in [9.17, 15) is 18.0 Å². The second kappa shape index (κ2) is 4.83. The van der Waals surface area contributed by atoms with Crippen LogP contribution < -0.4 is 4.74 Å². The van der Waals surface area contributed by atoms with Crippen LogP contribution >= 0.6 is 0 Å². The summed E-state index contributed by atoms with van der Waals surface area (Å²) in [6.45, 7) is 1.31. The number of benzene rings is 1. The number of hydrogen-bond acceptors (Lipinski definition) is 2. The maximum Gasteiger partial charge on any atom is 0.573 e. The van der Waals surface area contributed by atoms with Crippen molar-refractivity contribution >= 4 is 11.9 Å². The van der Waals surface area contributed by atoms with Gasteiger partial charge in [0.15, 0.2) is 5.78 Å². The molecule has 86 valence electrons. The van der Waals surface area contributed by atoms with Crippen LogP contribution in [-0.4, -0.2) is 12.1 Å². The van der Waals surface area contributed by atoms with Crippen molar-refractivity contribution < 1.29 is 22.7 Å². The molecule has 0 saturated carbocycles. The molecular formula is C11H9F3O2. The van der Waals surface area contributed by atoms with Crippen molar-refractivity contribution in [3.8, 4) is 5.75 Å². The minimum absolute atomic E-state index is 0.204. The number of para-hydroxylation sites is 1. The number of rotatable bonds is 3. The Morgan fingerprint density at radius 2 is 1.94 bits per heavy atom. The van der Waals surface area contributed by atoms with Gasteiger partial charge >= 0.3 is 6.36 Å². The molecule has 0 unspecified atom stereocenters. The van der Waals surface area contributed by atoms with E-state index in [-0.39, 0.29) is 17.1 Å². The fraction of sp³-hybridized carbons (Fsp3) is 0.182. The summed E-state index contributed by atoms with van der Waals surface area (Å²) in [5.41, 5.74) is 0.204. The monoisotopic (exact) mass is 230 g/mol. The standard InChI is InChI=1S/C11H9F3O2/c1-8(15)6-7-9-4-2-3-5-10(9)16-11(12,13)14/h2-7H,1H3. The first-order valence-corrected chi connectivity index (χ1v) is 4.42. The van der Waals surface area contributed by atoms with Crippen LogP contribution in [0.5, 0.6) is 5.75 Å². The number of allylic oxidation sites excluding steroid dienone is 1. The highest BCUT2D eigenvalue weighted by Crippen LogP contribution is 2.26. The van der Waals surface area contributed by atoms with Crippen molar-refractivity contribution in [2.45, 2.75) is 13.3 Å². The molecule has 1 aromatic carbocycles. The zero-order valence-electron chi connectivity index (χ0n) is 8.41. The summed E-state index contributed by atoms with van der Waals surface area (Å²) in [6.07, 6.45) is -2.28. The van der Waals surface area contributed by atoms with Gasteiger partial charge in [-0.1, -0.05) is 18.2 Å². The molecule has 0 bridgehead atoms. The molecule has 0 aliphatic carbocycles. The molecule has 0 saturated heterocycles. The predicted octanol–water partition coefficient (Wildman–Crippen LogP) is 3.19. The van der Waals surface area contributed by atoms with Crippen LogP contribution in [0.25, 0.3) is 6.08 Å². The molecule has 1 aromatic rings. The zero-order chi connectivity index (χ0) is 12.2. The second-order valence-electron chi connectivity index (χ2n) is 3.03. The predicted molar refractivity (Wildman–Crippen MR) is 52.8 cm³/mol. The number of halogens is 3. The van der Waals surface area contributed by atoms with Gasteiger partial charge in [0.05, 0.1) is 0 Å². The molecule has 0 spiro atoms. The zero-order valence-corrected chi connectivity index (χ0v) is 8.41. The fourth-order valence-electron chi connectivity index (χ4n) is 1.04. The lowest BCUT2D eigenvalue weighted by molar-refractivity contribution is -0.274. The van der Waals surface area contributed by atoms with E-state index in [4.69, 9.17) is 0 Å². The van der Waals surface area contributed by atoms with Gasteiger partial charge in [0, 0.05) is 5.56 Å². The molecule has 1 rings (SSSR count). The molecule has 0 aromatic heterocycles. The second-order valence-corrected chi connectivity index (χ2v) is 3.03. The van der Waals surface area contributed by atoms with Crippen molar-refractivity contribution in [2.24, 2.45) is 0 Å². The van der Waals surface area contributed by atoms with Gasteiger partial charge < -0.3 is 4.74 Å². The normalized spacial score (nSPS) is 11.8. The third-order valence-electron chi connectivity index (χ3n) is 1.64. The van der Waals surface area contributed by atoms with E-state index >= 15 is 0 Å². The van der Waals surface area contributed by atoms with E-state index in [1.807, 2.05) is 0 Å². The van der Waals surface area contributed by atoms with Gasteiger partial charge in [-0.3, -0.25) is 4.79 Å². The quantitative estimate of drug-likeness (QED) is 0.745. The third-order valence-corrected chi connectivity index (χ3v) is 1.64. The average Bonchev–Trinajstić information content (AvgIpc) is 2.14. The topological polar surface area (TPSA) is 26.3 Å². The highest BCUT2D eigenvalue weighted by atomic mass is 19.4. The van der Waals surface area contributed by atoms with Gasteiger partial charge in [-0.15, -0.1) is 13.2 Å². The van der Waals surface area contributed by atoms with Crippen molar-refractivity contribution in [1.29, 1.82) is 0 Å². The molecule has 0 radical (unpaired) electrons. The lowest BCUT2D eigenvalue weighted by atomic mass is 10.2. The molecule has 0 amide bonds. The van der Waals surface area contributed by atoms with Crippen LogP contribution in [0, 0.1) is 0 Å². The Morgan fingerprint density at radius 3 is 2.50 bits per heavy atom. The molecular weight excluding hydrogens is 221 g/mol. The number of ketones is 1. The highest BCUT2D eigenvalue weighted by molar-refractivity contribution is 5.91. The fourth-order valence-corrected chi connectivity index (χ4v) is 1.04. The molecule has 0 atom stereocenters. The summed E-state index contributed by atoms with van der Waals surface area (Å²) in [6, 6.07) is 5.60. The minimum atomic E-state index is -4.74. The number of carbonyl (C=O) groups excluding carboxylic acids is 1. The molecule has 0 heterocycles. The Bertz CT molecular complexity index is 408. The van der Waals surface area contributed by atoms with Crippen LogP contribution in [-0.2, 0) is 4.79 Å². The van der Waals surface area contributed by atoms with Crippen molar-refractivity contribution in [3.63, 3.8) is 0 Å². The summed E-state index contributed by atoms with van der Waals surface area (Å²) >= 11 is 0. The van der Waals surface area contributed by atoms with E-state index in [0.717, 1.165) is 0 Å². The van der Waals surface area contributed by atoms with Gasteiger partial charge in [0.2, 0.25) is 0 Å². The molecule has 0 aliphatic heterocycles. The largest absolute Gasteiger partial charge is 0.573 e. The lowest BCUT2D eigenvalue weighted by Gasteiger charge is -2.10. The molecule has 2 nitrogen and oxygen atoms in total. The summed E-state index contributed by atoms with van der Waals surface area (Å²) in [7, 11) is 0. The van der Waals surface area contributed by atoms with Gasteiger partial charge in [-0.25, -0.2) is 0 Å². The van der Waals surface area contributed by atoms with Crippen LogP contribution in [0.2, 0.25) is 0 Å². The van der Waals surface area contributed by atoms with Gasteiger partial charge in [0.25, 0.3) is 0 Å². The Hall–Kier alpha value is -1.78. The maximum absolute atomic E-state index is 12.0. The van der Waals surface area contributed by atoms with Crippen LogP contribution in [0.15, 0.2) is 30.3 Å². The van der Waals surface area contributed by atoms with Crippen LogP contribution in [0.1, 0.15) is 12.5 Å². The Balaban J connectivity index is 2.96. The summed E-state index contributed by atoms with van der Waals surface area (Å²) < 4.78 is 39.8.